The quantitative estimate of drug-likeness (QED) is 0.338. The lowest BCUT2D eigenvalue weighted by atomic mass is 10.0. The van der Waals surface area contributed by atoms with Crippen LogP contribution in [0.25, 0.3) is 0 Å². The largest absolute Gasteiger partial charge is 0.271 e. The zero-order valence-electron chi connectivity index (χ0n) is 7.90. The van der Waals surface area contributed by atoms with Crippen molar-refractivity contribution < 1.29 is 0 Å². The van der Waals surface area contributed by atoms with Crippen LogP contribution >= 0.6 is 0 Å². The van der Waals surface area contributed by atoms with Gasteiger partial charge in [-0.1, -0.05) is 39.5 Å². The van der Waals surface area contributed by atoms with E-state index >= 15 is 0 Å². The van der Waals surface area contributed by atoms with Crippen LogP contribution in [0, 0.1) is 5.92 Å². The van der Waals surface area contributed by atoms with Crippen LogP contribution in [0.4, 0.5) is 0 Å². The third kappa shape index (κ3) is 9.92. The molecule has 0 bridgehead atoms. The molecule has 2 heteroatoms. The Morgan fingerprint density at radius 3 is 2.27 bits per heavy atom. The van der Waals surface area contributed by atoms with Crippen LogP contribution < -0.4 is 11.3 Å². The van der Waals surface area contributed by atoms with Gasteiger partial charge < -0.3 is 0 Å². The second kappa shape index (κ2) is 8.02. The summed E-state index contributed by atoms with van der Waals surface area (Å²) in [6.07, 6.45) is 6.64. The molecule has 0 amide bonds. The molecular weight excluding hydrogens is 136 g/mol. The number of hydrogen-bond donors (Lipinski definition) is 2. The Labute approximate surface area is 70.5 Å². The van der Waals surface area contributed by atoms with Crippen molar-refractivity contribution in [1.82, 2.24) is 5.43 Å². The van der Waals surface area contributed by atoms with E-state index in [0.29, 0.717) is 0 Å². The zero-order chi connectivity index (χ0) is 8.53. The molecule has 3 N–H and O–H groups in total. The minimum absolute atomic E-state index is 0.864. The van der Waals surface area contributed by atoms with Gasteiger partial charge in [0.05, 0.1) is 0 Å². The van der Waals surface area contributed by atoms with E-state index in [4.69, 9.17) is 5.84 Å². The first-order chi connectivity index (χ1) is 5.27. The van der Waals surface area contributed by atoms with Gasteiger partial charge in [0.1, 0.15) is 0 Å². The molecule has 0 rings (SSSR count). The van der Waals surface area contributed by atoms with Gasteiger partial charge in [-0.3, -0.25) is 11.3 Å². The van der Waals surface area contributed by atoms with Crippen molar-refractivity contribution in [3.05, 3.63) is 0 Å². The Bertz CT molecular complexity index is 72.0. The molecule has 0 unspecified atom stereocenters. The van der Waals surface area contributed by atoms with Crippen molar-refractivity contribution in [3.8, 4) is 0 Å². The summed E-state index contributed by atoms with van der Waals surface area (Å²) in [5, 5.41) is 0. The highest BCUT2D eigenvalue weighted by molar-refractivity contribution is 4.48. The molecule has 0 aromatic carbocycles. The maximum Gasteiger partial charge on any atom is 0.00974 e. The van der Waals surface area contributed by atoms with Crippen molar-refractivity contribution >= 4 is 0 Å². The smallest absolute Gasteiger partial charge is 0.00974 e. The van der Waals surface area contributed by atoms with Crippen molar-refractivity contribution in [1.29, 1.82) is 0 Å². The molecule has 0 atom stereocenters. The van der Waals surface area contributed by atoms with Gasteiger partial charge in [-0.25, -0.2) is 0 Å². The van der Waals surface area contributed by atoms with Crippen LogP contribution in [0.1, 0.15) is 46.0 Å². The zero-order valence-corrected chi connectivity index (χ0v) is 7.90. The number of rotatable bonds is 7. The third-order valence-electron chi connectivity index (χ3n) is 1.85. The summed E-state index contributed by atoms with van der Waals surface area (Å²) in [6.45, 7) is 5.52. The van der Waals surface area contributed by atoms with Crippen molar-refractivity contribution in [2.24, 2.45) is 11.8 Å². The van der Waals surface area contributed by atoms with Gasteiger partial charge >= 0.3 is 0 Å². The summed E-state index contributed by atoms with van der Waals surface area (Å²) < 4.78 is 0. The molecule has 0 aliphatic rings. The number of unbranched alkanes of at least 4 members (excludes halogenated alkanes) is 3. The average molecular weight is 158 g/mol. The number of hydrazine groups is 1. The number of nitrogens with two attached hydrogens (primary N) is 1. The molecule has 0 spiro atoms. The molecule has 0 heterocycles. The first kappa shape index (κ1) is 10.9. The fraction of sp³-hybridized carbons (Fsp3) is 1.00. The Morgan fingerprint density at radius 2 is 1.73 bits per heavy atom. The van der Waals surface area contributed by atoms with E-state index in [1.165, 1.54) is 32.1 Å². The molecule has 11 heavy (non-hydrogen) atoms. The highest BCUT2D eigenvalue weighted by atomic mass is 15.2. The second-order valence-electron chi connectivity index (χ2n) is 3.55. The first-order valence-electron chi connectivity index (χ1n) is 4.71. The van der Waals surface area contributed by atoms with Gasteiger partial charge in [0.15, 0.2) is 0 Å². The van der Waals surface area contributed by atoms with Crippen LogP contribution in [0.2, 0.25) is 0 Å². The second-order valence-corrected chi connectivity index (χ2v) is 3.55. The standard InChI is InChI=1S/C9H22N2/c1-9(2)7-5-3-4-6-8-11-10/h9,11H,3-8,10H2,1-2H3. The lowest BCUT2D eigenvalue weighted by Crippen LogP contribution is -2.22. The van der Waals surface area contributed by atoms with Crippen LogP contribution in [-0.4, -0.2) is 6.54 Å². The molecule has 0 aliphatic carbocycles. The maximum atomic E-state index is 5.14. The van der Waals surface area contributed by atoms with Gasteiger partial charge in [0.2, 0.25) is 0 Å². The normalized spacial score (nSPS) is 10.9. The summed E-state index contributed by atoms with van der Waals surface area (Å²) in [4.78, 5) is 0. The molecule has 0 saturated carbocycles. The first-order valence-corrected chi connectivity index (χ1v) is 4.71. The van der Waals surface area contributed by atoms with E-state index in [2.05, 4.69) is 19.3 Å². The van der Waals surface area contributed by atoms with Crippen LogP contribution in [0.5, 0.6) is 0 Å². The fourth-order valence-electron chi connectivity index (χ4n) is 1.13. The van der Waals surface area contributed by atoms with E-state index < -0.39 is 0 Å². The summed E-state index contributed by atoms with van der Waals surface area (Å²) in [6, 6.07) is 0. The summed E-state index contributed by atoms with van der Waals surface area (Å²) >= 11 is 0. The monoisotopic (exact) mass is 158 g/mol. The van der Waals surface area contributed by atoms with Gasteiger partial charge in [-0.15, -0.1) is 0 Å². The Morgan fingerprint density at radius 1 is 1.09 bits per heavy atom. The lowest BCUT2D eigenvalue weighted by Gasteiger charge is -2.03. The molecule has 2 nitrogen and oxygen atoms in total. The molecule has 0 radical (unpaired) electrons. The Kier molecular flexibility index (Phi) is 7.96. The summed E-state index contributed by atoms with van der Waals surface area (Å²) in [5.74, 6) is 6.01. The minimum Gasteiger partial charge on any atom is -0.271 e. The minimum atomic E-state index is 0.864. The summed E-state index contributed by atoms with van der Waals surface area (Å²) in [5.41, 5.74) is 2.67. The number of nitrogens with one attached hydrogen (secondary N) is 1. The van der Waals surface area contributed by atoms with Crippen LogP contribution in [0.15, 0.2) is 0 Å². The SMILES string of the molecule is CC(C)CCCCCCNN. The van der Waals surface area contributed by atoms with E-state index in [1.54, 1.807) is 0 Å². The molecule has 0 fully saturated rings. The highest BCUT2D eigenvalue weighted by Crippen LogP contribution is 2.08. The number of hydrogen-bond acceptors (Lipinski definition) is 2. The Balaban J connectivity index is 2.80. The summed E-state index contributed by atoms with van der Waals surface area (Å²) in [7, 11) is 0. The third-order valence-corrected chi connectivity index (χ3v) is 1.85. The highest BCUT2D eigenvalue weighted by Gasteiger charge is 1.93. The van der Waals surface area contributed by atoms with E-state index in [0.717, 1.165) is 12.5 Å². The van der Waals surface area contributed by atoms with Crippen molar-refractivity contribution in [2.75, 3.05) is 6.54 Å². The Hall–Kier alpha value is -0.0800. The predicted octanol–water partition coefficient (Wildman–Crippen LogP) is 2.06. The van der Waals surface area contributed by atoms with Crippen LogP contribution in [-0.2, 0) is 0 Å². The average Bonchev–Trinajstić information content (AvgIpc) is 1.96. The van der Waals surface area contributed by atoms with Crippen molar-refractivity contribution in [3.63, 3.8) is 0 Å². The predicted molar refractivity (Wildman–Crippen MR) is 50.1 cm³/mol. The van der Waals surface area contributed by atoms with E-state index in [1.807, 2.05) is 0 Å². The van der Waals surface area contributed by atoms with Crippen LogP contribution in [0.3, 0.4) is 0 Å². The topological polar surface area (TPSA) is 38.0 Å². The van der Waals surface area contributed by atoms with Crippen molar-refractivity contribution in [2.45, 2.75) is 46.0 Å². The molecule has 68 valence electrons. The van der Waals surface area contributed by atoms with E-state index in [-0.39, 0.29) is 0 Å². The maximum absolute atomic E-state index is 5.14. The van der Waals surface area contributed by atoms with Gasteiger partial charge in [-0.2, -0.15) is 0 Å². The van der Waals surface area contributed by atoms with Gasteiger partial charge in [0.25, 0.3) is 0 Å². The fourth-order valence-corrected chi connectivity index (χ4v) is 1.13. The molecule has 0 aromatic heterocycles. The van der Waals surface area contributed by atoms with E-state index in [9.17, 15) is 0 Å². The van der Waals surface area contributed by atoms with Gasteiger partial charge in [0, 0.05) is 6.54 Å². The lowest BCUT2D eigenvalue weighted by molar-refractivity contribution is 0.514. The molecule has 0 aromatic rings. The molecule has 0 saturated heterocycles. The van der Waals surface area contributed by atoms with Gasteiger partial charge in [-0.05, 0) is 12.3 Å². The molecule has 0 aliphatic heterocycles. The molecular formula is C9H22N2.